The van der Waals surface area contributed by atoms with Gasteiger partial charge in [0.05, 0.1) is 0 Å². The van der Waals surface area contributed by atoms with E-state index < -0.39 is 6.36 Å². The topological polar surface area (TPSA) is 22.1 Å². The summed E-state index contributed by atoms with van der Waals surface area (Å²) in [5.74, 6) is -0.194. The molecule has 0 amide bonds. The standard InChI is InChI=1S/C15H12F3NOS/c16-15(17,18)20-12-1-3-13(4-2-12)21-14(7-8-14)11-5-9-19-10-6-11/h1-6,9-10H,7-8H2. The van der Waals surface area contributed by atoms with Crippen molar-refractivity contribution in [1.29, 1.82) is 0 Å². The van der Waals surface area contributed by atoms with Gasteiger partial charge in [0.1, 0.15) is 5.75 Å². The molecular weight excluding hydrogens is 299 g/mol. The van der Waals surface area contributed by atoms with Crippen LogP contribution in [0.1, 0.15) is 18.4 Å². The van der Waals surface area contributed by atoms with E-state index in [-0.39, 0.29) is 10.5 Å². The highest BCUT2D eigenvalue weighted by atomic mass is 32.2. The van der Waals surface area contributed by atoms with Crippen molar-refractivity contribution in [2.75, 3.05) is 0 Å². The Kier molecular flexibility index (Phi) is 3.57. The second-order valence-corrected chi connectivity index (χ2v) is 6.31. The van der Waals surface area contributed by atoms with Gasteiger partial charge in [-0.3, -0.25) is 4.98 Å². The van der Waals surface area contributed by atoms with Gasteiger partial charge in [-0.15, -0.1) is 24.9 Å². The maximum Gasteiger partial charge on any atom is 0.573 e. The third-order valence-corrected chi connectivity index (χ3v) is 4.82. The summed E-state index contributed by atoms with van der Waals surface area (Å²) in [6.45, 7) is 0. The van der Waals surface area contributed by atoms with Gasteiger partial charge < -0.3 is 4.74 Å². The molecule has 0 N–H and O–H groups in total. The minimum atomic E-state index is -4.65. The van der Waals surface area contributed by atoms with Crippen molar-refractivity contribution in [2.45, 2.75) is 28.8 Å². The Hall–Kier alpha value is -1.69. The van der Waals surface area contributed by atoms with E-state index in [1.807, 2.05) is 12.1 Å². The second kappa shape index (κ2) is 5.26. The van der Waals surface area contributed by atoms with Crippen LogP contribution in [0, 0.1) is 0 Å². The molecule has 1 fully saturated rings. The number of hydrogen-bond acceptors (Lipinski definition) is 3. The molecule has 0 spiro atoms. The van der Waals surface area contributed by atoms with Crippen LogP contribution in [0.5, 0.6) is 5.75 Å². The Morgan fingerprint density at radius 3 is 2.14 bits per heavy atom. The molecule has 1 aromatic heterocycles. The number of ether oxygens (including phenoxy) is 1. The predicted octanol–water partition coefficient (Wildman–Crippen LogP) is 4.76. The molecular formula is C15H12F3NOS. The molecule has 1 aromatic carbocycles. The normalized spacial score (nSPS) is 16.5. The number of rotatable bonds is 4. The Morgan fingerprint density at radius 2 is 1.62 bits per heavy atom. The van der Waals surface area contributed by atoms with E-state index >= 15 is 0 Å². The molecule has 2 aromatic rings. The molecule has 6 heteroatoms. The predicted molar refractivity (Wildman–Crippen MR) is 74.1 cm³/mol. The largest absolute Gasteiger partial charge is 0.573 e. The summed E-state index contributed by atoms with van der Waals surface area (Å²) >= 11 is 1.67. The number of halogens is 3. The van der Waals surface area contributed by atoms with E-state index in [2.05, 4.69) is 9.72 Å². The lowest BCUT2D eigenvalue weighted by atomic mass is 10.2. The first-order valence-electron chi connectivity index (χ1n) is 6.42. The summed E-state index contributed by atoms with van der Waals surface area (Å²) < 4.78 is 40.2. The number of pyridine rings is 1. The average molecular weight is 311 g/mol. The molecule has 21 heavy (non-hydrogen) atoms. The first kappa shape index (κ1) is 14.3. The number of hydrogen-bond donors (Lipinski definition) is 0. The summed E-state index contributed by atoms with van der Waals surface area (Å²) in [7, 11) is 0. The summed E-state index contributed by atoms with van der Waals surface area (Å²) in [5, 5.41) is 0. The van der Waals surface area contributed by atoms with Crippen LogP contribution in [0.3, 0.4) is 0 Å². The Bertz CT molecular complexity index is 609. The molecule has 1 saturated carbocycles. The molecule has 1 heterocycles. The van der Waals surface area contributed by atoms with Gasteiger partial charge >= 0.3 is 6.36 Å². The molecule has 0 radical (unpaired) electrons. The van der Waals surface area contributed by atoms with Gasteiger partial charge in [-0.05, 0) is 54.8 Å². The van der Waals surface area contributed by atoms with Crippen LogP contribution in [0.2, 0.25) is 0 Å². The third kappa shape index (κ3) is 3.50. The fraction of sp³-hybridized carbons (Fsp3) is 0.267. The molecule has 110 valence electrons. The smallest absolute Gasteiger partial charge is 0.406 e. The lowest BCUT2D eigenvalue weighted by Gasteiger charge is -2.15. The average Bonchev–Trinajstić information content (AvgIpc) is 3.21. The van der Waals surface area contributed by atoms with E-state index in [0.717, 1.165) is 17.7 Å². The van der Waals surface area contributed by atoms with Crippen molar-refractivity contribution >= 4 is 11.8 Å². The monoisotopic (exact) mass is 311 g/mol. The van der Waals surface area contributed by atoms with Gasteiger partial charge in [0, 0.05) is 22.0 Å². The van der Waals surface area contributed by atoms with E-state index in [0.29, 0.717) is 0 Å². The first-order chi connectivity index (χ1) is 9.97. The minimum Gasteiger partial charge on any atom is -0.406 e. The van der Waals surface area contributed by atoms with Crippen molar-refractivity contribution in [3.8, 4) is 5.75 Å². The molecule has 1 aliphatic rings. The Morgan fingerprint density at radius 1 is 1.00 bits per heavy atom. The first-order valence-corrected chi connectivity index (χ1v) is 7.24. The second-order valence-electron chi connectivity index (χ2n) is 4.85. The lowest BCUT2D eigenvalue weighted by molar-refractivity contribution is -0.274. The minimum absolute atomic E-state index is 0.0370. The molecule has 0 aliphatic heterocycles. The molecule has 0 bridgehead atoms. The zero-order valence-corrected chi connectivity index (χ0v) is 11.7. The molecule has 1 aliphatic carbocycles. The van der Waals surface area contributed by atoms with Crippen molar-refractivity contribution in [3.63, 3.8) is 0 Å². The van der Waals surface area contributed by atoms with Crippen LogP contribution >= 0.6 is 11.8 Å². The van der Waals surface area contributed by atoms with Crippen molar-refractivity contribution in [1.82, 2.24) is 4.98 Å². The van der Waals surface area contributed by atoms with Crippen LogP contribution in [-0.2, 0) is 4.75 Å². The van der Waals surface area contributed by atoms with Gasteiger partial charge in [-0.1, -0.05) is 0 Å². The molecule has 0 atom stereocenters. The fourth-order valence-corrected chi connectivity index (χ4v) is 3.44. The lowest BCUT2D eigenvalue weighted by Crippen LogP contribution is -2.16. The summed E-state index contributed by atoms with van der Waals surface area (Å²) in [6.07, 6.45) is 0.987. The SMILES string of the molecule is FC(F)(F)Oc1ccc(SC2(c3ccncc3)CC2)cc1. The van der Waals surface area contributed by atoms with Crippen molar-refractivity contribution in [3.05, 3.63) is 54.4 Å². The van der Waals surface area contributed by atoms with E-state index in [1.54, 1.807) is 36.3 Å². The van der Waals surface area contributed by atoms with Gasteiger partial charge in [0.2, 0.25) is 0 Å². The van der Waals surface area contributed by atoms with E-state index in [9.17, 15) is 13.2 Å². The molecule has 0 unspecified atom stereocenters. The zero-order chi connectivity index (χ0) is 14.9. The zero-order valence-electron chi connectivity index (χ0n) is 10.9. The van der Waals surface area contributed by atoms with Crippen molar-refractivity contribution in [2.24, 2.45) is 0 Å². The summed E-state index contributed by atoms with van der Waals surface area (Å²) in [5.41, 5.74) is 1.21. The summed E-state index contributed by atoms with van der Waals surface area (Å²) in [4.78, 5) is 4.94. The van der Waals surface area contributed by atoms with Crippen molar-refractivity contribution < 1.29 is 17.9 Å². The van der Waals surface area contributed by atoms with Gasteiger partial charge in [-0.25, -0.2) is 0 Å². The molecule has 0 saturated heterocycles. The highest BCUT2D eigenvalue weighted by molar-refractivity contribution is 8.00. The quantitative estimate of drug-likeness (QED) is 0.812. The van der Waals surface area contributed by atoms with Gasteiger partial charge in [-0.2, -0.15) is 0 Å². The van der Waals surface area contributed by atoms with E-state index in [4.69, 9.17) is 0 Å². The highest BCUT2D eigenvalue weighted by Crippen LogP contribution is 2.59. The fourth-order valence-electron chi connectivity index (χ4n) is 2.15. The maximum atomic E-state index is 12.1. The van der Waals surface area contributed by atoms with Crippen LogP contribution in [-0.4, -0.2) is 11.3 Å². The number of aromatic nitrogens is 1. The van der Waals surface area contributed by atoms with Gasteiger partial charge in [0.15, 0.2) is 0 Å². The maximum absolute atomic E-state index is 12.1. The molecule has 2 nitrogen and oxygen atoms in total. The Balaban J connectivity index is 1.71. The number of thioether (sulfide) groups is 1. The highest BCUT2D eigenvalue weighted by Gasteiger charge is 2.45. The number of alkyl halides is 3. The van der Waals surface area contributed by atoms with Crippen LogP contribution in [0.25, 0.3) is 0 Å². The van der Waals surface area contributed by atoms with Crippen LogP contribution in [0.15, 0.2) is 53.7 Å². The van der Waals surface area contributed by atoms with Gasteiger partial charge in [0.25, 0.3) is 0 Å². The number of nitrogens with zero attached hydrogens (tertiary/aromatic N) is 1. The number of benzene rings is 1. The molecule has 3 rings (SSSR count). The van der Waals surface area contributed by atoms with E-state index in [1.165, 1.54) is 17.7 Å². The Labute approximate surface area is 124 Å². The van der Waals surface area contributed by atoms with Crippen LogP contribution in [0.4, 0.5) is 13.2 Å². The summed E-state index contributed by atoms with van der Waals surface area (Å²) in [6, 6.07) is 9.99. The van der Waals surface area contributed by atoms with Crippen LogP contribution < -0.4 is 4.74 Å². The third-order valence-electron chi connectivity index (χ3n) is 3.28.